The SMILES string of the molecule is NCCNC(=O)Cc1ccc(-c2cnc(N)c(C(=O)Cc3cnccc3N3CCOCC3)n2)cc1. The van der Waals surface area contributed by atoms with Gasteiger partial charge in [-0.2, -0.15) is 0 Å². The monoisotopic (exact) mass is 475 g/mol. The number of carbonyl (C=O) groups is 2. The molecular formula is C25H29N7O3. The highest BCUT2D eigenvalue weighted by molar-refractivity contribution is 6.00. The minimum Gasteiger partial charge on any atom is -0.382 e. The molecule has 4 rings (SSSR count). The second-order valence-corrected chi connectivity index (χ2v) is 8.21. The molecule has 0 saturated carbocycles. The molecule has 2 aromatic heterocycles. The van der Waals surface area contributed by atoms with Crippen molar-refractivity contribution in [1.29, 1.82) is 0 Å². The van der Waals surface area contributed by atoms with Crippen LogP contribution in [-0.2, 0) is 22.4 Å². The number of aromatic nitrogens is 3. The largest absolute Gasteiger partial charge is 0.382 e. The molecule has 10 heteroatoms. The zero-order valence-corrected chi connectivity index (χ0v) is 19.4. The molecule has 0 radical (unpaired) electrons. The van der Waals surface area contributed by atoms with Gasteiger partial charge in [0.05, 0.1) is 31.5 Å². The number of nitrogens with one attached hydrogen (secondary N) is 1. The van der Waals surface area contributed by atoms with Gasteiger partial charge in [0, 0.05) is 61.8 Å². The highest BCUT2D eigenvalue weighted by Gasteiger charge is 2.20. The number of ether oxygens (including phenoxy) is 1. The summed E-state index contributed by atoms with van der Waals surface area (Å²) in [5.41, 5.74) is 15.5. The number of nitrogen functional groups attached to an aromatic ring is 1. The topological polar surface area (TPSA) is 149 Å². The lowest BCUT2D eigenvalue weighted by Crippen LogP contribution is -2.37. The summed E-state index contributed by atoms with van der Waals surface area (Å²) in [7, 11) is 0. The van der Waals surface area contributed by atoms with E-state index in [9.17, 15) is 9.59 Å². The molecule has 0 bridgehead atoms. The second-order valence-electron chi connectivity index (χ2n) is 8.21. The number of hydrogen-bond acceptors (Lipinski definition) is 9. The van der Waals surface area contributed by atoms with E-state index in [-0.39, 0.29) is 36.0 Å². The van der Waals surface area contributed by atoms with Crippen LogP contribution in [0.5, 0.6) is 0 Å². The molecular weight excluding hydrogens is 446 g/mol. The van der Waals surface area contributed by atoms with Crippen molar-refractivity contribution in [3.8, 4) is 11.3 Å². The molecule has 1 fully saturated rings. The van der Waals surface area contributed by atoms with Crippen LogP contribution >= 0.6 is 0 Å². The molecule has 1 aliphatic heterocycles. The summed E-state index contributed by atoms with van der Waals surface area (Å²) in [5, 5.41) is 2.75. The van der Waals surface area contributed by atoms with Gasteiger partial charge in [0.1, 0.15) is 5.69 Å². The average Bonchev–Trinajstić information content (AvgIpc) is 2.89. The first kappa shape index (κ1) is 24.2. The van der Waals surface area contributed by atoms with Crippen LogP contribution in [0.15, 0.2) is 48.9 Å². The number of benzene rings is 1. The van der Waals surface area contributed by atoms with Gasteiger partial charge >= 0.3 is 0 Å². The molecule has 0 unspecified atom stereocenters. The Balaban J connectivity index is 1.50. The van der Waals surface area contributed by atoms with Crippen LogP contribution in [-0.4, -0.2) is 66.0 Å². The third-order valence-corrected chi connectivity index (χ3v) is 5.73. The number of anilines is 2. The Morgan fingerprint density at radius 1 is 1.06 bits per heavy atom. The Hall–Kier alpha value is -3.89. The van der Waals surface area contributed by atoms with E-state index in [1.807, 2.05) is 30.3 Å². The molecule has 10 nitrogen and oxygen atoms in total. The van der Waals surface area contributed by atoms with Gasteiger partial charge in [-0.1, -0.05) is 24.3 Å². The smallest absolute Gasteiger partial charge is 0.224 e. The standard InChI is InChI=1S/C25H29N7O3/c26-6-8-29-23(34)13-17-1-3-18(4-2-17)20-16-30-25(27)24(31-20)22(33)14-19-15-28-7-5-21(19)32-9-11-35-12-10-32/h1-5,7,15-16H,6,8-14,26H2,(H2,27,30)(H,29,34). The van der Waals surface area contributed by atoms with Crippen molar-refractivity contribution in [3.63, 3.8) is 0 Å². The van der Waals surface area contributed by atoms with Gasteiger partial charge in [-0.05, 0) is 11.6 Å². The zero-order chi connectivity index (χ0) is 24.6. The van der Waals surface area contributed by atoms with Gasteiger partial charge in [0.25, 0.3) is 0 Å². The number of nitrogens with zero attached hydrogens (tertiary/aromatic N) is 4. The van der Waals surface area contributed by atoms with E-state index in [2.05, 4.69) is 25.2 Å². The number of carbonyl (C=O) groups excluding carboxylic acids is 2. The Labute approximate surface area is 203 Å². The van der Waals surface area contributed by atoms with Crippen LogP contribution in [0.4, 0.5) is 11.5 Å². The van der Waals surface area contributed by atoms with E-state index < -0.39 is 0 Å². The van der Waals surface area contributed by atoms with E-state index in [1.54, 1.807) is 12.4 Å². The molecule has 0 atom stereocenters. The van der Waals surface area contributed by atoms with E-state index in [0.717, 1.165) is 35.5 Å². The third kappa shape index (κ3) is 6.17. The second kappa shape index (κ2) is 11.5. The van der Waals surface area contributed by atoms with Crippen LogP contribution in [0.3, 0.4) is 0 Å². The summed E-state index contributed by atoms with van der Waals surface area (Å²) in [4.78, 5) is 40.3. The number of amides is 1. The molecule has 35 heavy (non-hydrogen) atoms. The summed E-state index contributed by atoms with van der Waals surface area (Å²) >= 11 is 0. The van der Waals surface area contributed by atoms with Gasteiger partial charge in [-0.3, -0.25) is 14.6 Å². The summed E-state index contributed by atoms with van der Waals surface area (Å²) in [6.07, 6.45) is 5.34. The first-order valence-corrected chi connectivity index (χ1v) is 11.5. The van der Waals surface area contributed by atoms with Crippen molar-refractivity contribution in [3.05, 3.63) is 65.7 Å². The molecule has 1 amide bonds. The predicted octanol–water partition coefficient (Wildman–Crippen LogP) is 1.00. The van der Waals surface area contributed by atoms with Gasteiger partial charge in [-0.15, -0.1) is 0 Å². The molecule has 3 aromatic rings. The van der Waals surface area contributed by atoms with Gasteiger partial charge in [0.15, 0.2) is 11.6 Å². The third-order valence-electron chi connectivity index (χ3n) is 5.73. The van der Waals surface area contributed by atoms with Crippen molar-refractivity contribution < 1.29 is 14.3 Å². The van der Waals surface area contributed by atoms with E-state index in [1.165, 1.54) is 6.20 Å². The van der Waals surface area contributed by atoms with Crippen molar-refractivity contribution in [1.82, 2.24) is 20.3 Å². The van der Waals surface area contributed by atoms with E-state index in [0.29, 0.717) is 32.0 Å². The Bertz CT molecular complexity index is 1180. The van der Waals surface area contributed by atoms with Crippen molar-refractivity contribution >= 4 is 23.2 Å². The normalized spacial score (nSPS) is 13.5. The zero-order valence-electron chi connectivity index (χ0n) is 19.4. The van der Waals surface area contributed by atoms with Gasteiger partial charge in [-0.25, -0.2) is 9.97 Å². The van der Waals surface area contributed by atoms with Crippen LogP contribution in [0.1, 0.15) is 21.6 Å². The lowest BCUT2D eigenvalue weighted by molar-refractivity contribution is -0.120. The van der Waals surface area contributed by atoms with E-state index >= 15 is 0 Å². The minimum atomic E-state index is -0.229. The number of pyridine rings is 1. The maximum absolute atomic E-state index is 13.2. The predicted molar refractivity (Wildman–Crippen MR) is 133 cm³/mol. The maximum Gasteiger partial charge on any atom is 0.224 e. The highest BCUT2D eigenvalue weighted by atomic mass is 16.5. The van der Waals surface area contributed by atoms with Gasteiger partial charge in [0.2, 0.25) is 5.91 Å². The fourth-order valence-electron chi connectivity index (χ4n) is 3.92. The lowest BCUT2D eigenvalue weighted by atomic mass is 10.0. The number of nitrogens with two attached hydrogens (primary N) is 2. The molecule has 0 spiro atoms. The molecule has 182 valence electrons. The van der Waals surface area contributed by atoms with Crippen molar-refractivity contribution in [2.75, 3.05) is 50.0 Å². The van der Waals surface area contributed by atoms with Crippen LogP contribution < -0.4 is 21.7 Å². The van der Waals surface area contributed by atoms with Crippen molar-refractivity contribution in [2.45, 2.75) is 12.8 Å². The fourth-order valence-corrected chi connectivity index (χ4v) is 3.92. The number of ketones is 1. The van der Waals surface area contributed by atoms with Crippen LogP contribution in [0.25, 0.3) is 11.3 Å². The lowest BCUT2D eigenvalue weighted by Gasteiger charge is -2.30. The van der Waals surface area contributed by atoms with Crippen LogP contribution in [0, 0.1) is 0 Å². The maximum atomic E-state index is 13.2. The molecule has 1 saturated heterocycles. The van der Waals surface area contributed by atoms with Crippen molar-refractivity contribution in [2.24, 2.45) is 5.73 Å². The summed E-state index contributed by atoms with van der Waals surface area (Å²) in [5.74, 6) is -0.230. The Kier molecular flexibility index (Phi) is 7.96. The quantitative estimate of drug-likeness (QED) is 0.385. The minimum absolute atomic E-state index is 0.0868. The fraction of sp³-hybridized carbons (Fsp3) is 0.320. The molecule has 0 aliphatic carbocycles. The van der Waals surface area contributed by atoms with Crippen LogP contribution in [0.2, 0.25) is 0 Å². The molecule has 1 aromatic carbocycles. The molecule has 3 heterocycles. The highest BCUT2D eigenvalue weighted by Crippen LogP contribution is 2.24. The molecule has 5 N–H and O–H groups in total. The first-order chi connectivity index (χ1) is 17.0. The summed E-state index contributed by atoms with van der Waals surface area (Å²) < 4.78 is 5.44. The van der Waals surface area contributed by atoms with E-state index in [4.69, 9.17) is 16.2 Å². The number of morpholine rings is 1. The summed E-state index contributed by atoms with van der Waals surface area (Å²) in [6.45, 7) is 3.65. The first-order valence-electron chi connectivity index (χ1n) is 11.5. The van der Waals surface area contributed by atoms with Gasteiger partial charge < -0.3 is 26.4 Å². The summed E-state index contributed by atoms with van der Waals surface area (Å²) in [6, 6.07) is 9.30. The Morgan fingerprint density at radius 3 is 2.57 bits per heavy atom. The number of rotatable bonds is 9. The average molecular weight is 476 g/mol. The number of Topliss-reactive ketones (excluding diaryl/α,β-unsaturated/α-hetero) is 1. The Morgan fingerprint density at radius 2 is 1.83 bits per heavy atom. The number of hydrogen-bond donors (Lipinski definition) is 3. The molecule has 1 aliphatic rings.